The van der Waals surface area contributed by atoms with E-state index < -0.39 is 114 Å². The fraction of sp³-hybridized carbons (Fsp3) is 0.519. The molecular weight excluding hydrogens is 564 g/mol. The van der Waals surface area contributed by atoms with E-state index in [9.17, 15) is 66.1 Å². The van der Waals surface area contributed by atoms with Gasteiger partial charge in [-0.25, -0.2) is 0 Å². The Bertz CT molecular complexity index is 1200. The van der Waals surface area contributed by atoms with E-state index in [2.05, 4.69) is 0 Å². The molecule has 0 spiro atoms. The number of benzene rings is 2. The molecule has 42 heavy (non-hydrogen) atoms. The summed E-state index contributed by atoms with van der Waals surface area (Å²) in [5.41, 5.74) is -1.82. The zero-order chi connectivity index (χ0) is 31.0. The third-order valence-corrected chi connectivity index (χ3v) is 7.70. The van der Waals surface area contributed by atoms with Crippen molar-refractivity contribution in [3.63, 3.8) is 0 Å². The highest BCUT2D eigenvalue weighted by atomic mass is 16.6. The van der Waals surface area contributed by atoms with Crippen LogP contribution in [0.3, 0.4) is 0 Å². The second-order valence-electron chi connectivity index (χ2n) is 10.3. The SMILES string of the molecule is O=C(CCc1ccc(O)cc1)c1c(O)c([C@@H]2O[C@H](CO)[C@@H](O)[C@H](O)[C@H]2O)c(O)c([C@@H]2O[C@H](CO)[C@@H](O)[C@H](O)[C@H]2O)c1O. The van der Waals surface area contributed by atoms with Crippen molar-refractivity contribution in [2.24, 2.45) is 0 Å². The Labute approximate surface area is 238 Å². The first-order chi connectivity index (χ1) is 19.8. The minimum atomic E-state index is -2.06. The van der Waals surface area contributed by atoms with Crippen molar-refractivity contribution in [3.05, 3.63) is 46.5 Å². The summed E-state index contributed by atoms with van der Waals surface area (Å²) in [6.07, 6.45) is -18.9. The third kappa shape index (κ3) is 5.63. The molecule has 10 atom stereocenters. The van der Waals surface area contributed by atoms with Crippen molar-refractivity contribution in [2.75, 3.05) is 13.2 Å². The fourth-order valence-corrected chi connectivity index (χ4v) is 5.28. The van der Waals surface area contributed by atoms with Gasteiger partial charge < -0.3 is 70.8 Å². The standard InChI is InChI=1S/C27H34O15/c28-7-12-17(32)22(37)24(39)26(41-12)15-19(34)14(11(31)6-3-9-1-4-10(30)5-2-9)20(35)16(21(15)36)27-25(40)23(38)18(33)13(8-29)42-27/h1-2,4-5,12-13,17-18,22-30,32-40H,3,6-8H2/t12-,13-,17-,18-,22+,23+,24-,25-,26+,27+/m1/s1. The second kappa shape index (κ2) is 12.6. The van der Waals surface area contributed by atoms with Gasteiger partial charge in [0.05, 0.1) is 24.3 Å². The molecule has 232 valence electrons. The number of ketones is 1. The quantitative estimate of drug-likeness (QED) is 0.138. The first kappa shape index (κ1) is 31.8. The number of rotatable bonds is 8. The lowest BCUT2D eigenvalue weighted by Crippen LogP contribution is -2.55. The Balaban J connectivity index is 1.87. The van der Waals surface area contributed by atoms with Gasteiger partial charge in [0.15, 0.2) is 5.78 Å². The number of hydrogen-bond donors (Lipinski definition) is 12. The molecule has 0 aromatic heterocycles. The first-order valence-electron chi connectivity index (χ1n) is 13.1. The summed E-state index contributed by atoms with van der Waals surface area (Å²) in [6.45, 7) is -1.75. The van der Waals surface area contributed by atoms with Crippen LogP contribution in [0, 0.1) is 0 Å². The van der Waals surface area contributed by atoms with Crippen LogP contribution in [0.4, 0.5) is 0 Å². The zero-order valence-corrected chi connectivity index (χ0v) is 22.0. The number of phenolic OH excluding ortho intramolecular Hbond substituents is 4. The molecule has 2 aromatic carbocycles. The molecular formula is C27H34O15. The van der Waals surface area contributed by atoms with E-state index in [-0.39, 0.29) is 18.6 Å². The topological polar surface area (TPSA) is 278 Å². The van der Waals surface area contributed by atoms with Crippen LogP contribution in [0.5, 0.6) is 23.0 Å². The summed E-state index contributed by atoms with van der Waals surface area (Å²) in [6, 6.07) is 5.81. The van der Waals surface area contributed by atoms with Gasteiger partial charge in [0, 0.05) is 6.42 Å². The maximum Gasteiger partial charge on any atom is 0.170 e. The number of hydrogen-bond acceptors (Lipinski definition) is 15. The predicted octanol–water partition coefficient (Wildman–Crippen LogP) is -2.65. The number of aryl methyl sites for hydroxylation is 1. The van der Waals surface area contributed by atoms with Gasteiger partial charge in [-0.2, -0.15) is 0 Å². The largest absolute Gasteiger partial charge is 0.508 e. The van der Waals surface area contributed by atoms with Crippen LogP contribution >= 0.6 is 0 Å². The molecule has 2 aliphatic heterocycles. The van der Waals surface area contributed by atoms with E-state index >= 15 is 0 Å². The molecule has 0 bridgehead atoms. The number of ether oxygens (including phenoxy) is 2. The number of aliphatic hydroxyl groups excluding tert-OH is 8. The van der Waals surface area contributed by atoms with Crippen molar-refractivity contribution < 1.29 is 75.5 Å². The highest BCUT2D eigenvalue weighted by Crippen LogP contribution is 2.53. The van der Waals surface area contributed by atoms with Crippen LogP contribution in [-0.4, -0.2) is 129 Å². The smallest absolute Gasteiger partial charge is 0.170 e. The van der Waals surface area contributed by atoms with Gasteiger partial charge in [-0.15, -0.1) is 0 Å². The fourth-order valence-electron chi connectivity index (χ4n) is 5.28. The molecule has 0 amide bonds. The molecule has 2 aromatic rings. The van der Waals surface area contributed by atoms with Crippen molar-refractivity contribution in [2.45, 2.75) is 73.9 Å². The molecule has 2 heterocycles. The minimum Gasteiger partial charge on any atom is -0.508 e. The van der Waals surface area contributed by atoms with E-state index in [0.29, 0.717) is 5.56 Å². The van der Waals surface area contributed by atoms with Crippen molar-refractivity contribution in [1.82, 2.24) is 0 Å². The van der Waals surface area contributed by atoms with E-state index in [1.54, 1.807) is 0 Å². The lowest BCUT2D eigenvalue weighted by Gasteiger charge is -2.42. The van der Waals surface area contributed by atoms with E-state index in [4.69, 9.17) is 9.47 Å². The summed E-state index contributed by atoms with van der Waals surface area (Å²) in [5.74, 6) is -4.26. The predicted molar refractivity (Wildman–Crippen MR) is 138 cm³/mol. The van der Waals surface area contributed by atoms with Gasteiger partial charge >= 0.3 is 0 Å². The number of carbonyl (C=O) groups is 1. The average Bonchev–Trinajstić information content (AvgIpc) is 2.96. The normalized spacial score (nSPS) is 33.4. The highest BCUT2D eigenvalue weighted by Gasteiger charge is 2.50. The van der Waals surface area contributed by atoms with Gasteiger partial charge in [0.2, 0.25) is 0 Å². The molecule has 0 radical (unpaired) electrons. The summed E-state index contributed by atoms with van der Waals surface area (Å²) in [7, 11) is 0. The molecule has 2 fully saturated rings. The molecule has 2 saturated heterocycles. The van der Waals surface area contributed by atoms with Gasteiger partial charge in [0.1, 0.15) is 89.6 Å². The molecule has 12 N–H and O–H groups in total. The lowest BCUT2D eigenvalue weighted by atomic mass is 9.83. The van der Waals surface area contributed by atoms with Gasteiger partial charge in [-0.05, 0) is 24.1 Å². The zero-order valence-electron chi connectivity index (χ0n) is 22.0. The van der Waals surface area contributed by atoms with Crippen LogP contribution in [-0.2, 0) is 15.9 Å². The Morgan fingerprint density at radius 1 is 0.619 bits per heavy atom. The maximum atomic E-state index is 13.4. The lowest BCUT2D eigenvalue weighted by molar-refractivity contribution is -0.234. The van der Waals surface area contributed by atoms with Crippen LogP contribution < -0.4 is 0 Å². The Morgan fingerprint density at radius 3 is 1.45 bits per heavy atom. The van der Waals surface area contributed by atoms with E-state index in [1.807, 2.05) is 0 Å². The number of aromatic hydroxyl groups is 4. The van der Waals surface area contributed by atoms with E-state index in [0.717, 1.165) is 0 Å². The molecule has 15 heteroatoms. The van der Waals surface area contributed by atoms with Crippen LogP contribution in [0.25, 0.3) is 0 Å². The molecule has 2 aliphatic rings. The molecule has 4 rings (SSSR count). The average molecular weight is 599 g/mol. The monoisotopic (exact) mass is 598 g/mol. The van der Waals surface area contributed by atoms with Crippen LogP contribution in [0.1, 0.15) is 45.7 Å². The summed E-state index contributed by atoms with van der Waals surface area (Å²) < 4.78 is 10.9. The second-order valence-corrected chi connectivity index (χ2v) is 10.3. The Hall–Kier alpha value is -3.09. The number of aliphatic hydroxyl groups is 8. The Kier molecular flexibility index (Phi) is 9.58. The van der Waals surface area contributed by atoms with E-state index in [1.165, 1.54) is 24.3 Å². The highest BCUT2D eigenvalue weighted by molar-refractivity contribution is 6.02. The molecule has 0 aliphatic carbocycles. The first-order valence-corrected chi connectivity index (χ1v) is 13.1. The third-order valence-electron chi connectivity index (χ3n) is 7.70. The van der Waals surface area contributed by atoms with Gasteiger partial charge in [-0.3, -0.25) is 4.79 Å². The summed E-state index contributed by atoms with van der Waals surface area (Å²) >= 11 is 0. The van der Waals surface area contributed by atoms with Crippen molar-refractivity contribution >= 4 is 5.78 Å². The van der Waals surface area contributed by atoms with Crippen LogP contribution in [0.2, 0.25) is 0 Å². The molecule has 15 nitrogen and oxygen atoms in total. The molecule has 0 saturated carbocycles. The number of Topliss-reactive ketones (excluding diaryl/α,β-unsaturated/α-hetero) is 1. The van der Waals surface area contributed by atoms with Gasteiger partial charge in [0.25, 0.3) is 0 Å². The Morgan fingerprint density at radius 2 is 1.05 bits per heavy atom. The minimum absolute atomic E-state index is 0.0211. The molecule has 0 unspecified atom stereocenters. The van der Waals surface area contributed by atoms with Gasteiger partial charge in [-0.1, -0.05) is 12.1 Å². The summed E-state index contributed by atoms with van der Waals surface area (Å²) in [4.78, 5) is 13.4. The summed E-state index contributed by atoms with van der Waals surface area (Å²) in [5, 5.41) is 125. The van der Waals surface area contributed by atoms with Crippen molar-refractivity contribution in [3.8, 4) is 23.0 Å². The number of carbonyl (C=O) groups excluding carboxylic acids is 1. The van der Waals surface area contributed by atoms with Crippen molar-refractivity contribution in [1.29, 1.82) is 0 Å². The number of phenols is 4. The van der Waals surface area contributed by atoms with Crippen LogP contribution in [0.15, 0.2) is 24.3 Å². The maximum absolute atomic E-state index is 13.4.